The van der Waals surface area contributed by atoms with Gasteiger partial charge < -0.3 is 29.3 Å². The molecule has 1 amide bonds. The van der Waals surface area contributed by atoms with Crippen molar-refractivity contribution in [3.05, 3.63) is 42.0 Å². The molecule has 0 aliphatic carbocycles. The summed E-state index contributed by atoms with van der Waals surface area (Å²) in [6.07, 6.45) is 1.61. The molecule has 0 radical (unpaired) electrons. The maximum atomic E-state index is 12.9. The average Bonchev–Trinajstić information content (AvgIpc) is 3.14. The van der Waals surface area contributed by atoms with Crippen LogP contribution in [0.1, 0.15) is 50.9 Å². The molecular weight excluding hydrogens is 422 g/mol. The minimum absolute atomic E-state index is 0.0202. The number of fused-ring (bicyclic) bond motifs is 1. The summed E-state index contributed by atoms with van der Waals surface area (Å²) in [6.45, 7) is 9.10. The lowest BCUT2D eigenvalue weighted by atomic mass is 10.1. The third-order valence-electron chi connectivity index (χ3n) is 5.20. The van der Waals surface area contributed by atoms with Crippen molar-refractivity contribution in [2.24, 2.45) is 0 Å². The molecule has 0 spiro atoms. The number of nitrogen functional groups attached to an aromatic ring is 1. The van der Waals surface area contributed by atoms with Gasteiger partial charge in [-0.15, -0.1) is 0 Å². The second-order valence-electron chi connectivity index (χ2n) is 8.35. The molecular formula is C25H33N3O5. The highest BCUT2D eigenvalue weighted by Crippen LogP contribution is 2.29. The van der Waals surface area contributed by atoms with Gasteiger partial charge >= 0.3 is 0 Å². The predicted octanol–water partition coefficient (Wildman–Crippen LogP) is 4.92. The average molecular weight is 456 g/mol. The Morgan fingerprint density at radius 1 is 1.00 bits per heavy atom. The number of nitrogens with zero attached hydrogens (tertiary/aromatic N) is 2. The Hall–Kier alpha value is -3.42. The summed E-state index contributed by atoms with van der Waals surface area (Å²) in [7, 11) is 1.58. The Kier molecular flexibility index (Phi) is 8.03. The van der Waals surface area contributed by atoms with Crippen LogP contribution in [0.3, 0.4) is 0 Å². The molecule has 0 saturated heterocycles. The summed E-state index contributed by atoms with van der Waals surface area (Å²) < 4.78 is 22.4. The number of hydrogen-bond donors (Lipinski definition) is 1. The molecule has 0 bridgehead atoms. The lowest BCUT2D eigenvalue weighted by molar-refractivity contribution is 0.0643. The van der Waals surface area contributed by atoms with Crippen molar-refractivity contribution in [2.75, 3.05) is 26.1 Å². The lowest BCUT2D eigenvalue weighted by Crippen LogP contribution is -2.42. The Bertz CT molecular complexity index is 1070. The summed E-state index contributed by atoms with van der Waals surface area (Å²) in [5.41, 5.74) is 7.46. The monoisotopic (exact) mass is 455 g/mol. The van der Waals surface area contributed by atoms with E-state index in [1.165, 1.54) is 0 Å². The SMILES string of the molecule is COc1cc(C(=O)N(C(C)C)C(C)C)ccc1OCCCCOc1ccc2nc(N)oc2c1. The highest BCUT2D eigenvalue weighted by molar-refractivity contribution is 5.95. The van der Waals surface area contributed by atoms with Gasteiger partial charge in [-0.2, -0.15) is 4.98 Å². The van der Waals surface area contributed by atoms with Gasteiger partial charge in [-0.1, -0.05) is 0 Å². The molecule has 1 heterocycles. The number of benzene rings is 2. The molecule has 0 saturated carbocycles. The summed E-state index contributed by atoms with van der Waals surface area (Å²) in [5, 5.41) is 0. The van der Waals surface area contributed by atoms with E-state index in [1.807, 2.05) is 44.7 Å². The molecule has 1 aromatic heterocycles. The van der Waals surface area contributed by atoms with Crippen LogP contribution in [0.5, 0.6) is 17.2 Å². The molecule has 2 aromatic carbocycles. The van der Waals surface area contributed by atoms with Gasteiger partial charge in [0.05, 0.1) is 20.3 Å². The first-order chi connectivity index (χ1) is 15.8. The molecule has 3 rings (SSSR count). The smallest absolute Gasteiger partial charge is 0.292 e. The fourth-order valence-corrected chi connectivity index (χ4v) is 3.72. The van der Waals surface area contributed by atoms with Crippen molar-refractivity contribution < 1.29 is 23.4 Å². The van der Waals surface area contributed by atoms with Crippen LogP contribution in [0.15, 0.2) is 40.8 Å². The number of methoxy groups -OCH3 is 1. The van der Waals surface area contributed by atoms with Gasteiger partial charge in [-0.05, 0) is 70.9 Å². The highest BCUT2D eigenvalue weighted by atomic mass is 16.5. The second-order valence-corrected chi connectivity index (χ2v) is 8.35. The van der Waals surface area contributed by atoms with Gasteiger partial charge in [-0.3, -0.25) is 4.79 Å². The number of aromatic nitrogens is 1. The quantitative estimate of drug-likeness (QED) is 0.410. The van der Waals surface area contributed by atoms with Gasteiger partial charge in [-0.25, -0.2) is 0 Å². The van der Waals surface area contributed by atoms with Crippen LogP contribution < -0.4 is 19.9 Å². The van der Waals surface area contributed by atoms with E-state index in [0.29, 0.717) is 47.1 Å². The topological polar surface area (TPSA) is 100 Å². The minimum Gasteiger partial charge on any atom is -0.493 e. The first-order valence-corrected chi connectivity index (χ1v) is 11.2. The van der Waals surface area contributed by atoms with E-state index < -0.39 is 0 Å². The number of anilines is 1. The molecule has 0 fully saturated rings. The number of nitrogens with two attached hydrogens (primary N) is 1. The third kappa shape index (κ3) is 6.09. The first kappa shape index (κ1) is 24.2. The van der Waals surface area contributed by atoms with Crippen LogP contribution in [-0.4, -0.2) is 48.2 Å². The van der Waals surface area contributed by atoms with Crippen LogP contribution in [-0.2, 0) is 0 Å². The summed E-state index contributed by atoms with van der Waals surface area (Å²) in [6, 6.07) is 11.1. The lowest BCUT2D eigenvalue weighted by Gasteiger charge is -2.31. The van der Waals surface area contributed by atoms with Crippen molar-refractivity contribution in [3.63, 3.8) is 0 Å². The molecule has 178 valence electrons. The van der Waals surface area contributed by atoms with E-state index in [4.69, 9.17) is 24.4 Å². The molecule has 8 heteroatoms. The highest BCUT2D eigenvalue weighted by Gasteiger charge is 2.22. The van der Waals surface area contributed by atoms with Crippen LogP contribution in [0.2, 0.25) is 0 Å². The Morgan fingerprint density at radius 3 is 2.36 bits per heavy atom. The molecule has 3 aromatic rings. The van der Waals surface area contributed by atoms with Crippen molar-refractivity contribution in [3.8, 4) is 17.2 Å². The van der Waals surface area contributed by atoms with Gasteiger partial charge in [0.15, 0.2) is 17.1 Å². The largest absolute Gasteiger partial charge is 0.493 e. The van der Waals surface area contributed by atoms with E-state index in [9.17, 15) is 4.79 Å². The molecule has 8 nitrogen and oxygen atoms in total. The van der Waals surface area contributed by atoms with E-state index in [1.54, 1.807) is 31.4 Å². The fourth-order valence-electron chi connectivity index (χ4n) is 3.72. The maximum Gasteiger partial charge on any atom is 0.292 e. The number of carbonyl (C=O) groups excluding carboxylic acids is 1. The maximum absolute atomic E-state index is 12.9. The number of hydrogen-bond acceptors (Lipinski definition) is 7. The van der Waals surface area contributed by atoms with Crippen molar-refractivity contribution in [1.82, 2.24) is 9.88 Å². The molecule has 0 aliphatic rings. The zero-order valence-electron chi connectivity index (χ0n) is 20.0. The van der Waals surface area contributed by atoms with Crippen molar-refractivity contribution >= 4 is 23.0 Å². The molecule has 33 heavy (non-hydrogen) atoms. The number of oxazole rings is 1. The second kappa shape index (κ2) is 10.9. The van der Waals surface area contributed by atoms with Crippen LogP contribution >= 0.6 is 0 Å². The Labute approximate surface area is 194 Å². The minimum atomic E-state index is -0.0202. The van der Waals surface area contributed by atoms with E-state index in [0.717, 1.165) is 12.8 Å². The number of carbonyl (C=O) groups is 1. The van der Waals surface area contributed by atoms with E-state index in [2.05, 4.69) is 4.98 Å². The van der Waals surface area contributed by atoms with Crippen molar-refractivity contribution in [2.45, 2.75) is 52.6 Å². The summed E-state index contributed by atoms with van der Waals surface area (Å²) >= 11 is 0. The first-order valence-electron chi connectivity index (χ1n) is 11.2. The summed E-state index contributed by atoms with van der Waals surface area (Å²) in [4.78, 5) is 18.8. The van der Waals surface area contributed by atoms with Gasteiger partial charge in [0, 0.05) is 23.7 Å². The molecule has 0 atom stereocenters. The zero-order valence-corrected chi connectivity index (χ0v) is 20.0. The van der Waals surface area contributed by atoms with Crippen molar-refractivity contribution in [1.29, 1.82) is 0 Å². The Morgan fingerprint density at radius 2 is 1.70 bits per heavy atom. The normalized spacial score (nSPS) is 11.2. The Balaban J connectivity index is 1.48. The number of amides is 1. The zero-order chi connectivity index (χ0) is 24.0. The molecule has 0 aliphatic heterocycles. The standard InChI is InChI=1S/C25H33N3O5/c1-16(2)28(17(3)4)24(29)18-8-11-21(23(14-18)30-5)32-13-7-6-12-31-19-9-10-20-22(15-19)33-25(26)27-20/h8-11,14-17H,6-7,12-13H2,1-5H3,(H2,26,27). The van der Waals surface area contributed by atoms with Gasteiger partial charge in [0.2, 0.25) is 0 Å². The fraction of sp³-hybridized carbons (Fsp3) is 0.440. The predicted molar refractivity (Wildman–Crippen MR) is 128 cm³/mol. The van der Waals surface area contributed by atoms with E-state index >= 15 is 0 Å². The third-order valence-corrected chi connectivity index (χ3v) is 5.20. The van der Waals surface area contributed by atoms with Crippen LogP contribution in [0.4, 0.5) is 6.01 Å². The van der Waals surface area contributed by atoms with Gasteiger partial charge in [0.25, 0.3) is 11.9 Å². The summed E-state index contributed by atoms with van der Waals surface area (Å²) in [5.74, 6) is 1.85. The number of unbranched alkanes of at least 4 members (excludes halogenated alkanes) is 1. The molecule has 0 unspecified atom stereocenters. The number of rotatable bonds is 11. The van der Waals surface area contributed by atoms with E-state index in [-0.39, 0.29) is 24.0 Å². The molecule has 2 N–H and O–H groups in total. The van der Waals surface area contributed by atoms with Crippen LogP contribution in [0, 0.1) is 0 Å². The van der Waals surface area contributed by atoms with Gasteiger partial charge in [0.1, 0.15) is 11.3 Å². The number of ether oxygens (including phenoxy) is 3. The van der Waals surface area contributed by atoms with Crippen LogP contribution in [0.25, 0.3) is 11.1 Å².